The fraction of sp³-hybridized carbons (Fsp3) is 0.348. The predicted octanol–water partition coefficient (Wildman–Crippen LogP) is 6.05. The molecule has 142 valence electrons. The SMILES string of the molecule is Cc1ccc(-c2cnc3cc(Cl)ccc3c2NCCCNC(C)(C)C)cc1. The molecular weight excluding hydrogens is 354 g/mol. The highest BCUT2D eigenvalue weighted by Crippen LogP contribution is 2.34. The van der Waals surface area contributed by atoms with Crippen molar-refractivity contribution in [3.8, 4) is 11.1 Å². The van der Waals surface area contributed by atoms with E-state index < -0.39 is 0 Å². The van der Waals surface area contributed by atoms with Gasteiger partial charge < -0.3 is 10.6 Å². The van der Waals surface area contributed by atoms with Crippen molar-refractivity contribution in [1.82, 2.24) is 10.3 Å². The van der Waals surface area contributed by atoms with Crippen LogP contribution in [0, 0.1) is 6.92 Å². The van der Waals surface area contributed by atoms with Gasteiger partial charge >= 0.3 is 0 Å². The van der Waals surface area contributed by atoms with Crippen LogP contribution in [-0.2, 0) is 0 Å². The van der Waals surface area contributed by atoms with Crippen molar-refractivity contribution in [1.29, 1.82) is 0 Å². The zero-order valence-electron chi connectivity index (χ0n) is 16.6. The van der Waals surface area contributed by atoms with E-state index in [0.29, 0.717) is 5.02 Å². The minimum Gasteiger partial charge on any atom is -0.384 e. The Morgan fingerprint density at radius 3 is 2.44 bits per heavy atom. The van der Waals surface area contributed by atoms with Crippen LogP contribution in [0.2, 0.25) is 5.02 Å². The highest BCUT2D eigenvalue weighted by molar-refractivity contribution is 6.31. The summed E-state index contributed by atoms with van der Waals surface area (Å²) in [6.07, 6.45) is 2.99. The summed E-state index contributed by atoms with van der Waals surface area (Å²) in [4.78, 5) is 4.64. The van der Waals surface area contributed by atoms with Crippen LogP contribution in [-0.4, -0.2) is 23.6 Å². The van der Waals surface area contributed by atoms with Crippen LogP contribution in [0.4, 0.5) is 5.69 Å². The van der Waals surface area contributed by atoms with Gasteiger partial charge in [-0.1, -0.05) is 41.4 Å². The number of hydrogen-bond donors (Lipinski definition) is 2. The first-order valence-electron chi connectivity index (χ1n) is 9.48. The van der Waals surface area contributed by atoms with Crippen molar-refractivity contribution in [3.63, 3.8) is 0 Å². The average Bonchev–Trinajstić information content (AvgIpc) is 2.61. The molecule has 2 N–H and O–H groups in total. The zero-order chi connectivity index (χ0) is 19.4. The Bertz CT molecular complexity index is 911. The number of rotatable bonds is 6. The molecule has 0 amide bonds. The molecule has 3 rings (SSSR count). The van der Waals surface area contributed by atoms with Gasteiger partial charge in [-0.2, -0.15) is 0 Å². The number of fused-ring (bicyclic) bond motifs is 1. The van der Waals surface area contributed by atoms with E-state index in [0.717, 1.165) is 41.7 Å². The maximum absolute atomic E-state index is 6.16. The molecule has 3 aromatic rings. The van der Waals surface area contributed by atoms with Crippen molar-refractivity contribution in [3.05, 3.63) is 59.2 Å². The molecule has 0 atom stereocenters. The topological polar surface area (TPSA) is 37.0 Å². The van der Waals surface area contributed by atoms with E-state index in [1.807, 2.05) is 18.3 Å². The summed E-state index contributed by atoms with van der Waals surface area (Å²) in [6, 6.07) is 14.5. The molecule has 0 aliphatic heterocycles. The van der Waals surface area contributed by atoms with Gasteiger partial charge in [-0.05, 0) is 64.4 Å². The Hall–Kier alpha value is -2.10. The van der Waals surface area contributed by atoms with Crippen LogP contribution < -0.4 is 10.6 Å². The fourth-order valence-corrected chi connectivity index (χ4v) is 3.24. The molecule has 0 unspecified atom stereocenters. The van der Waals surface area contributed by atoms with Crippen molar-refractivity contribution < 1.29 is 0 Å². The molecule has 0 spiro atoms. The minimum atomic E-state index is 0.146. The lowest BCUT2D eigenvalue weighted by molar-refractivity contribution is 0.425. The Morgan fingerprint density at radius 2 is 1.74 bits per heavy atom. The largest absolute Gasteiger partial charge is 0.384 e. The van der Waals surface area contributed by atoms with Gasteiger partial charge in [0.1, 0.15) is 0 Å². The van der Waals surface area contributed by atoms with Gasteiger partial charge in [0.25, 0.3) is 0 Å². The molecule has 3 nitrogen and oxygen atoms in total. The monoisotopic (exact) mass is 381 g/mol. The summed E-state index contributed by atoms with van der Waals surface area (Å²) in [5.41, 5.74) is 5.72. The molecule has 0 fully saturated rings. The Balaban J connectivity index is 1.89. The van der Waals surface area contributed by atoms with Crippen LogP contribution >= 0.6 is 11.6 Å². The smallest absolute Gasteiger partial charge is 0.0738 e. The lowest BCUT2D eigenvalue weighted by atomic mass is 10.0. The van der Waals surface area contributed by atoms with Gasteiger partial charge in [-0.15, -0.1) is 0 Å². The van der Waals surface area contributed by atoms with Gasteiger partial charge in [0.05, 0.1) is 11.2 Å². The van der Waals surface area contributed by atoms with Crippen LogP contribution in [0.5, 0.6) is 0 Å². The zero-order valence-corrected chi connectivity index (χ0v) is 17.3. The van der Waals surface area contributed by atoms with E-state index in [2.05, 4.69) is 73.6 Å². The van der Waals surface area contributed by atoms with Crippen LogP contribution in [0.3, 0.4) is 0 Å². The van der Waals surface area contributed by atoms with E-state index >= 15 is 0 Å². The summed E-state index contributed by atoms with van der Waals surface area (Å²) in [7, 11) is 0. The number of benzene rings is 2. The van der Waals surface area contributed by atoms with E-state index in [4.69, 9.17) is 11.6 Å². The van der Waals surface area contributed by atoms with Crippen LogP contribution in [0.15, 0.2) is 48.7 Å². The van der Waals surface area contributed by atoms with Gasteiger partial charge in [-0.25, -0.2) is 0 Å². The van der Waals surface area contributed by atoms with Crippen LogP contribution in [0.25, 0.3) is 22.0 Å². The second kappa shape index (κ2) is 8.28. The third-order valence-electron chi connectivity index (χ3n) is 4.50. The predicted molar refractivity (Wildman–Crippen MR) is 118 cm³/mol. The molecule has 1 aromatic heterocycles. The van der Waals surface area contributed by atoms with Crippen LogP contribution in [0.1, 0.15) is 32.8 Å². The number of anilines is 1. The second-order valence-electron chi connectivity index (χ2n) is 8.03. The minimum absolute atomic E-state index is 0.146. The standard InChI is InChI=1S/C23H28ClN3/c1-16-6-8-17(9-7-16)20-15-26-21-14-18(24)10-11-19(21)22(20)25-12-5-13-27-23(2,3)4/h6-11,14-15,27H,5,12-13H2,1-4H3,(H,25,26). The molecule has 0 saturated carbocycles. The normalized spacial score (nSPS) is 11.7. The molecule has 0 aliphatic rings. The van der Waals surface area contributed by atoms with Gasteiger partial charge in [0, 0.05) is 34.3 Å². The maximum atomic E-state index is 6.16. The first kappa shape index (κ1) is 19.7. The Labute approximate surface area is 167 Å². The third kappa shape index (κ3) is 5.21. The Kier molecular flexibility index (Phi) is 6.03. The van der Waals surface area contributed by atoms with Crippen molar-refractivity contribution in [2.45, 2.75) is 39.7 Å². The number of pyridine rings is 1. The summed E-state index contributed by atoms with van der Waals surface area (Å²) in [6.45, 7) is 10.5. The molecule has 0 bridgehead atoms. The maximum Gasteiger partial charge on any atom is 0.0738 e. The summed E-state index contributed by atoms with van der Waals surface area (Å²) >= 11 is 6.16. The molecule has 2 aromatic carbocycles. The van der Waals surface area contributed by atoms with E-state index in [9.17, 15) is 0 Å². The number of halogens is 1. The Morgan fingerprint density at radius 1 is 1.00 bits per heavy atom. The van der Waals surface area contributed by atoms with Gasteiger partial charge in [0.15, 0.2) is 0 Å². The van der Waals surface area contributed by atoms with Crippen molar-refractivity contribution in [2.24, 2.45) is 0 Å². The average molecular weight is 382 g/mol. The quantitative estimate of drug-likeness (QED) is 0.510. The number of aryl methyl sites for hydroxylation is 1. The van der Waals surface area contributed by atoms with Crippen molar-refractivity contribution in [2.75, 3.05) is 18.4 Å². The number of aromatic nitrogens is 1. The van der Waals surface area contributed by atoms with Crippen molar-refractivity contribution >= 4 is 28.2 Å². The summed E-state index contributed by atoms with van der Waals surface area (Å²) in [5.74, 6) is 0. The van der Waals surface area contributed by atoms with E-state index in [1.54, 1.807) is 0 Å². The third-order valence-corrected chi connectivity index (χ3v) is 4.74. The number of nitrogens with zero attached hydrogens (tertiary/aromatic N) is 1. The molecular formula is C23H28ClN3. The first-order valence-corrected chi connectivity index (χ1v) is 9.85. The highest BCUT2D eigenvalue weighted by atomic mass is 35.5. The number of nitrogens with one attached hydrogen (secondary N) is 2. The molecule has 0 radical (unpaired) electrons. The first-order chi connectivity index (χ1) is 12.8. The molecule has 0 saturated heterocycles. The second-order valence-corrected chi connectivity index (χ2v) is 8.47. The number of hydrogen-bond acceptors (Lipinski definition) is 3. The molecule has 27 heavy (non-hydrogen) atoms. The molecule has 1 heterocycles. The fourth-order valence-electron chi connectivity index (χ4n) is 3.07. The lowest BCUT2D eigenvalue weighted by Crippen LogP contribution is -2.36. The molecule has 4 heteroatoms. The lowest BCUT2D eigenvalue weighted by Gasteiger charge is -2.21. The van der Waals surface area contributed by atoms with Gasteiger partial charge in [-0.3, -0.25) is 4.98 Å². The van der Waals surface area contributed by atoms with Gasteiger partial charge in [0.2, 0.25) is 0 Å². The van der Waals surface area contributed by atoms with E-state index in [-0.39, 0.29) is 5.54 Å². The molecule has 0 aliphatic carbocycles. The highest BCUT2D eigenvalue weighted by Gasteiger charge is 2.12. The van der Waals surface area contributed by atoms with E-state index in [1.165, 1.54) is 11.1 Å². The summed E-state index contributed by atoms with van der Waals surface area (Å²) < 4.78 is 0. The summed E-state index contributed by atoms with van der Waals surface area (Å²) in [5, 5.41) is 8.99.